The van der Waals surface area contributed by atoms with Crippen LogP contribution in [-0.4, -0.2) is 24.2 Å². The van der Waals surface area contributed by atoms with Gasteiger partial charge in [-0.2, -0.15) is 4.98 Å². The van der Waals surface area contributed by atoms with Crippen LogP contribution in [0.3, 0.4) is 0 Å². The monoisotopic (exact) mass is 390 g/mol. The first-order chi connectivity index (χ1) is 13.5. The molecule has 0 amide bonds. The van der Waals surface area contributed by atoms with Gasteiger partial charge in [-0.15, -0.1) is 0 Å². The average molecular weight is 390 g/mol. The number of nitrogens with zero attached hydrogens (tertiary/aromatic N) is 2. The number of hydrogen-bond acceptors (Lipinski definition) is 6. The van der Waals surface area contributed by atoms with Crippen molar-refractivity contribution in [2.75, 3.05) is 24.9 Å². The minimum absolute atomic E-state index is 0.0298. The predicted octanol–water partition coefficient (Wildman–Crippen LogP) is 4.27. The fourth-order valence-corrected chi connectivity index (χ4v) is 2.44. The second kappa shape index (κ2) is 8.47. The fraction of sp³-hybridized carbons (Fsp3) is 0.158. The second-order valence-corrected chi connectivity index (χ2v) is 5.66. The maximum Gasteiger partial charge on any atom is 0.229 e. The first-order valence-electron chi connectivity index (χ1n) is 8.20. The number of ether oxygens (including phenoxy) is 2. The number of nitrogens with one attached hydrogen (secondary N) is 2. The molecule has 0 unspecified atom stereocenters. The molecule has 0 spiro atoms. The van der Waals surface area contributed by atoms with Gasteiger partial charge in [-0.1, -0.05) is 6.07 Å². The second-order valence-electron chi connectivity index (χ2n) is 5.66. The van der Waals surface area contributed by atoms with E-state index in [9.17, 15) is 13.2 Å². The van der Waals surface area contributed by atoms with Crippen molar-refractivity contribution in [3.05, 3.63) is 65.6 Å². The van der Waals surface area contributed by atoms with E-state index >= 15 is 0 Å². The third-order valence-electron chi connectivity index (χ3n) is 3.86. The molecule has 0 atom stereocenters. The van der Waals surface area contributed by atoms with Gasteiger partial charge in [0.1, 0.15) is 5.82 Å². The van der Waals surface area contributed by atoms with Crippen molar-refractivity contribution in [1.29, 1.82) is 0 Å². The average Bonchev–Trinajstić information content (AvgIpc) is 2.72. The van der Waals surface area contributed by atoms with E-state index in [2.05, 4.69) is 20.6 Å². The molecule has 146 valence electrons. The van der Waals surface area contributed by atoms with Crippen molar-refractivity contribution in [3.8, 4) is 11.5 Å². The Balaban J connectivity index is 1.71. The van der Waals surface area contributed by atoms with Crippen LogP contribution in [0.1, 0.15) is 5.56 Å². The third-order valence-corrected chi connectivity index (χ3v) is 3.86. The molecule has 0 saturated heterocycles. The number of hydrogen-bond donors (Lipinski definition) is 2. The Bertz CT molecular complexity index is 985. The fourth-order valence-electron chi connectivity index (χ4n) is 2.44. The van der Waals surface area contributed by atoms with E-state index in [0.717, 1.165) is 17.7 Å². The molecular weight excluding hydrogens is 373 g/mol. The van der Waals surface area contributed by atoms with Gasteiger partial charge in [0, 0.05) is 12.7 Å². The predicted molar refractivity (Wildman–Crippen MR) is 98.5 cm³/mol. The van der Waals surface area contributed by atoms with Crippen LogP contribution in [0.4, 0.5) is 30.6 Å². The minimum atomic E-state index is -1.56. The Morgan fingerprint density at radius 1 is 0.929 bits per heavy atom. The number of aromatic nitrogens is 2. The Morgan fingerprint density at radius 3 is 2.46 bits per heavy atom. The van der Waals surface area contributed by atoms with Crippen molar-refractivity contribution in [3.63, 3.8) is 0 Å². The van der Waals surface area contributed by atoms with E-state index < -0.39 is 17.5 Å². The zero-order valence-electron chi connectivity index (χ0n) is 15.1. The molecular formula is C19H17F3N4O2. The third kappa shape index (κ3) is 4.25. The van der Waals surface area contributed by atoms with Gasteiger partial charge in [0.2, 0.25) is 5.95 Å². The normalized spacial score (nSPS) is 10.5. The highest BCUT2D eigenvalue weighted by Gasteiger charge is 2.14. The lowest BCUT2D eigenvalue weighted by Gasteiger charge is -2.11. The van der Waals surface area contributed by atoms with Crippen LogP contribution in [0.15, 0.2) is 42.6 Å². The highest BCUT2D eigenvalue weighted by atomic mass is 19.2. The summed E-state index contributed by atoms with van der Waals surface area (Å²) in [5.41, 5.74) is 0.647. The molecule has 0 aliphatic carbocycles. The molecule has 3 rings (SSSR count). The first kappa shape index (κ1) is 19.3. The zero-order valence-corrected chi connectivity index (χ0v) is 15.1. The lowest BCUT2D eigenvalue weighted by molar-refractivity contribution is 0.354. The van der Waals surface area contributed by atoms with Gasteiger partial charge in [0.15, 0.2) is 29.0 Å². The van der Waals surface area contributed by atoms with E-state index in [1.54, 1.807) is 26.4 Å². The standard InChI is InChI=1S/C19H17F3N4O2/c1-27-14-6-3-11(9-15(14)28-2)10-24-16-7-8-23-19(26-16)25-13-5-4-12(20)17(21)18(13)22/h3-9H,10H2,1-2H3,(H2,23,24,25,26). The summed E-state index contributed by atoms with van der Waals surface area (Å²) in [6, 6.07) is 8.98. The van der Waals surface area contributed by atoms with E-state index in [1.165, 1.54) is 6.20 Å². The zero-order chi connectivity index (χ0) is 20.1. The van der Waals surface area contributed by atoms with E-state index in [0.29, 0.717) is 23.9 Å². The molecule has 0 fully saturated rings. The molecule has 2 aromatic carbocycles. The summed E-state index contributed by atoms with van der Waals surface area (Å²) >= 11 is 0. The number of benzene rings is 2. The van der Waals surface area contributed by atoms with Crippen molar-refractivity contribution in [1.82, 2.24) is 9.97 Å². The molecule has 3 aromatic rings. The van der Waals surface area contributed by atoms with E-state index in [-0.39, 0.29) is 11.6 Å². The summed E-state index contributed by atoms with van der Waals surface area (Å²) in [5, 5.41) is 5.63. The van der Waals surface area contributed by atoms with Crippen LogP contribution < -0.4 is 20.1 Å². The highest BCUT2D eigenvalue weighted by molar-refractivity contribution is 5.56. The Labute approximate surface area is 159 Å². The Hall–Kier alpha value is -3.49. The van der Waals surface area contributed by atoms with E-state index in [4.69, 9.17) is 9.47 Å². The van der Waals surface area contributed by atoms with Crippen LogP contribution in [0.5, 0.6) is 11.5 Å². The molecule has 0 radical (unpaired) electrons. The highest BCUT2D eigenvalue weighted by Crippen LogP contribution is 2.28. The summed E-state index contributed by atoms with van der Waals surface area (Å²) in [4.78, 5) is 8.13. The van der Waals surface area contributed by atoms with Crippen molar-refractivity contribution >= 4 is 17.5 Å². The van der Waals surface area contributed by atoms with Crippen LogP contribution in [0.2, 0.25) is 0 Å². The summed E-state index contributed by atoms with van der Waals surface area (Å²) < 4.78 is 50.6. The number of methoxy groups -OCH3 is 2. The SMILES string of the molecule is COc1ccc(CNc2ccnc(Nc3ccc(F)c(F)c3F)n2)cc1OC. The topological polar surface area (TPSA) is 68.3 Å². The minimum Gasteiger partial charge on any atom is -0.493 e. The van der Waals surface area contributed by atoms with Crippen LogP contribution in [-0.2, 0) is 6.54 Å². The summed E-state index contributed by atoms with van der Waals surface area (Å²) in [6.45, 7) is 0.427. The van der Waals surface area contributed by atoms with Gasteiger partial charge < -0.3 is 20.1 Å². The molecule has 0 bridgehead atoms. The van der Waals surface area contributed by atoms with Crippen molar-refractivity contribution in [2.24, 2.45) is 0 Å². The lowest BCUT2D eigenvalue weighted by Crippen LogP contribution is -2.06. The van der Waals surface area contributed by atoms with Gasteiger partial charge >= 0.3 is 0 Å². The van der Waals surface area contributed by atoms with Gasteiger partial charge in [-0.3, -0.25) is 0 Å². The van der Waals surface area contributed by atoms with Crippen LogP contribution in [0.25, 0.3) is 0 Å². The number of halogens is 3. The summed E-state index contributed by atoms with van der Waals surface area (Å²) in [7, 11) is 3.11. The molecule has 0 aliphatic heterocycles. The van der Waals surface area contributed by atoms with Crippen molar-refractivity contribution < 1.29 is 22.6 Å². The first-order valence-corrected chi connectivity index (χ1v) is 8.20. The Kier molecular flexibility index (Phi) is 5.83. The van der Waals surface area contributed by atoms with Crippen LogP contribution in [0, 0.1) is 17.5 Å². The molecule has 9 heteroatoms. The number of anilines is 3. The molecule has 1 aromatic heterocycles. The summed E-state index contributed by atoms with van der Waals surface area (Å²) in [5.74, 6) is -2.47. The van der Waals surface area contributed by atoms with Gasteiger partial charge in [-0.05, 0) is 35.9 Å². The largest absolute Gasteiger partial charge is 0.493 e. The van der Waals surface area contributed by atoms with Crippen LogP contribution >= 0.6 is 0 Å². The van der Waals surface area contributed by atoms with E-state index in [1.807, 2.05) is 12.1 Å². The maximum atomic E-state index is 13.8. The molecule has 2 N–H and O–H groups in total. The summed E-state index contributed by atoms with van der Waals surface area (Å²) in [6.07, 6.45) is 1.45. The van der Waals surface area contributed by atoms with Gasteiger partial charge in [-0.25, -0.2) is 18.2 Å². The van der Waals surface area contributed by atoms with Crippen molar-refractivity contribution in [2.45, 2.75) is 6.54 Å². The van der Waals surface area contributed by atoms with Gasteiger partial charge in [0.25, 0.3) is 0 Å². The number of rotatable bonds is 7. The molecule has 0 aliphatic rings. The molecule has 0 saturated carbocycles. The maximum absolute atomic E-state index is 13.8. The quantitative estimate of drug-likeness (QED) is 0.588. The Morgan fingerprint density at radius 2 is 1.71 bits per heavy atom. The smallest absolute Gasteiger partial charge is 0.229 e. The molecule has 28 heavy (non-hydrogen) atoms. The molecule has 6 nitrogen and oxygen atoms in total. The lowest BCUT2D eigenvalue weighted by atomic mass is 10.2. The van der Waals surface area contributed by atoms with Gasteiger partial charge in [0.05, 0.1) is 19.9 Å². The molecule has 1 heterocycles.